The minimum atomic E-state index is -0.662. The Labute approximate surface area is 198 Å². The third-order valence-corrected chi connectivity index (χ3v) is 5.99. The van der Waals surface area contributed by atoms with Gasteiger partial charge in [-0.1, -0.05) is 11.6 Å². The Morgan fingerprint density at radius 3 is 2.76 bits per heavy atom. The first-order chi connectivity index (χ1) is 16.4. The lowest BCUT2D eigenvalue weighted by Crippen LogP contribution is -2.30. The van der Waals surface area contributed by atoms with E-state index in [2.05, 4.69) is 25.3 Å². The molecule has 3 aromatic heterocycles. The largest absolute Gasteiger partial charge is 0.382 e. The molecule has 4 aromatic rings. The first-order valence-electron chi connectivity index (χ1n) is 10.5. The number of aromatic nitrogens is 5. The minimum Gasteiger partial charge on any atom is -0.382 e. The third-order valence-electron chi connectivity index (χ3n) is 5.68. The smallest absolute Gasteiger partial charge is 0.267 e. The van der Waals surface area contributed by atoms with E-state index in [1.54, 1.807) is 25.3 Å². The highest BCUT2D eigenvalue weighted by Crippen LogP contribution is 2.43. The van der Waals surface area contributed by atoms with Gasteiger partial charge in [0.25, 0.3) is 5.56 Å². The number of rotatable bonds is 5. The molecular weight excluding hydrogens is 459 g/mol. The van der Waals surface area contributed by atoms with Crippen LogP contribution in [-0.2, 0) is 0 Å². The van der Waals surface area contributed by atoms with E-state index in [0.29, 0.717) is 11.5 Å². The fourth-order valence-corrected chi connectivity index (χ4v) is 4.19. The van der Waals surface area contributed by atoms with Gasteiger partial charge in [0.15, 0.2) is 5.82 Å². The molecule has 9 nitrogen and oxygen atoms in total. The number of nitrogens with zero attached hydrogens (tertiary/aromatic N) is 6. The molecule has 1 aromatic carbocycles. The molecule has 5 rings (SSSR count). The van der Waals surface area contributed by atoms with Crippen molar-refractivity contribution in [2.75, 3.05) is 11.1 Å². The Morgan fingerprint density at radius 2 is 2.09 bits per heavy atom. The number of nitriles is 1. The van der Waals surface area contributed by atoms with E-state index < -0.39 is 17.4 Å². The zero-order valence-electron chi connectivity index (χ0n) is 18.0. The standard InChI is InChI=1S/C23H18ClFN8O/c1-11-29-20(27)14(9-26)21(30-11)31-18(12-4-5-12)22-32-19-16(25)7-6-15(24)17(19)23(34)33(22)13-3-2-8-28-10-13/h2-3,6-8,10,12,18H,4-5H2,1H3,(H3,27,29,30,31)/t18-/m0/s1. The second-order valence-corrected chi connectivity index (χ2v) is 8.43. The van der Waals surface area contributed by atoms with E-state index in [0.717, 1.165) is 12.8 Å². The fourth-order valence-electron chi connectivity index (χ4n) is 3.96. The molecule has 1 atom stereocenters. The lowest BCUT2D eigenvalue weighted by atomic mass is 10.1. The van der Waals surface area contributed by atoms with Crippen molar-refractivity contribution in [3.8, 4) is 11.8 Å². The molecule has 0 saturated heterocycles. The molecule has 3 heterocycles. The number of pyridine rings is 1. The number of hydrogen-bond acceptors (Lipinski definition) is 8. The molecule has 0 spiro atoms. The second kappa shape index (κ2) is 8.35. The van der Waals surface area contributed by atoms with Gasteiger partial charge in [0.1, 0.15) is 40.4 Å². The molecule has 0 unspecified atom stereocenters. The van der Waals surface area contributed by atoms with Crippen LogP contribution >= 0.6 is 11.6 Å². The summed E-state index contributed by atoms with van der Waals surface area (Å²) < 4.78 is 16.2. The molecule has 0 aliphatic heterocycles. The maximum Gasteiger partial charge on any atom is 0.267 e. The minimum absolute atomic E-state index is 0.0244. The normalized spacial score (nSPS) is 14.1. The van der Waals surface area contributed by atoms with Crippen LogP contribution in [-0.4, -0.2) is 24.5 Å². The van der Waals surface area contributed by atoms with Gasteiger partial charge in [-0.15, -0.1) is 0 Å². The molecule has 1 fully saturated rings. The quantitative estimate of drug-likeness (QED) is 0.445. The van der Waals surface area contributed by atoms with Crippen LogP contribution in [0.25, 0.3) is 16.6 Å². The Morgan fingerprint density at radius 1 is 1.29 bits per heavy atom. The number of nitrogens with two attached hydrogens (primary N) is 1. The van der Waals surface area contributed by atoms with Crippen molar-refractivity contribution in [1.29, 1.82) is 5.26 Å². The molecule has 0 amide bonds. The van der Waals surface area contributed by atoms with E-state index in [-0.39, 0.29) is 44.9 Å². The van der Waals surface area contributed by atoms with Gasteiger partial charge in [-0.25, -0.2) is 19.3 Å². The van der Waals surface area contributed by atoms with Crippen LogP contribution in [0.5, 0.6) is 0 Å². The highest BCUT2D eigenvalue weighted by molar-refractivity contribution is 6.35. The predicted molar refractivity (Wildman–Crippen MR) is 125 cm³/mol. The monoisotopic (exact) mass is 476 g/mol. The van der Waals surface area contributed by atoms with Crippen LogP contribution in [0.2, 0.25) is 5.02 Å². The van der Waals surface area contributed by atoms with Crippen molar-refractivity contribution >= 4 is 34.1 Å². The average molecular weight is 477 g/mol. The zero-order valence-corrected chi connectivity index (χ0v) is 18.7. The van der Waals surface area contributed by atoms with Crippen molar-refractivity contribution in [2.45, 2.75) is 25.8 Å². The van der Waals surface area contributed by atoms with E-state index in [4.69, 9.17) is 17.3 Å². The molecule has 34 heavy (non-hydrogen) atoms. The third kappa shape index (κ3) is 3.70. The number of halogens is 2. The Balaban J connectivity index is 1.79. The van der Waals surface area contributed by atoms with Crippen molar-refractivity contribution in [3.05, 3.63) is 75.1 Å². The van der Waals surface area contributed by atoms with Gasteiger partial charge in [-0.2, -0.15) is 5.26 Å². The van der Waals surface area contributed by atoms with Gasteiger partial charge in [-0.05, 0) is 49.9 Å². The maximum atomic E-state index is 14.8. The Bertz CT molecular complexity index is 1530. The van der Waals surface area contributed by atoms with Crippen molar-refractivity contribution in [2.24, 2.45) is 5.92 Å². The summed E-state index contributed by atoms with van der Waals surface area (Å²) in [6, 6.07) is 7.35. The molecule has 0 bridgehead atoms. The van der Waals surface area contributed by atoms with Crippen molar-refractivity contribution < 1.29 is 4.39 Å². The predicted octanol–water partition coefficient (Wildman–Crippen LogP) is 3.69. The topological polar surface area (TPSA) is 135 Å². The lowest BCUT2D eigenvalue weighted by molar-refractivity contribution is 0.599. The average Bonchev–Trinajstić information content (AvgIpc) is 3.65. The number of fused-ring (bicyclic) bond motifs is 1. The summed E-state index contributed by atoms with van der Waals surface area (Å²) in [6.07, 6.45) is 4.79. The molecule has 3 N–H and O–H groups in total. The lowest BCUT2D eigenvalue weighted by Gasteiger charge is -2.24. The van der Waals surface area contributed by atoms with Gasteiger partial charge >= 0.3 is 0 Å². The van der Waals surface area contributed by atoms with E-state index >= 15 is 0 Å². The summed E-state index contributed by atoms with van der Waals surface area (Å²) in [5, 5.41) is 12.9. The first kappa shape index (κ1) is 21.7. The van der Waals surface area contributed by atoms with Crippen LogP contribution in [0.3, 0.4) is 0 Å². The van der Waals surface area contributed by atoms with Crippen LogP contribution < -0.4 is 16.6 Å². The molecule has 1 aliphatic rings. The van der Waals surface area contributed by atoms with E-state index in [1.165, 1.54) is 22.9 Å². The summed E-state index contributed by atoms with van der Waals surface area (Å²) in [4.78, 5) is 30.8. The highest BCUT2D eigenvalue weighted by atomic mass is 35.5. The van der Waals surface area contributed by atoms with Gasteiger partial charge in [-0.3, -0.25) is 14.3 Å². The molecule has 1 aliphatic carbocycles. The highest BCUT2D eigenvalue weighted by Gasteiger charge is 2.37. The van der Waals surface area contributed by atoms with E-state index in [1.807, 2.05) is 6.07 Å². The Kier molecular flexibility index (Phi) is 5.34. The summed E-state index contributed by atoms with van der Waals surface area (Å²) in [5.74, 6) is 0.308. The SMILES string of the molecule is Cc1nc(N)c(C#N)c(N[C@H](c2nc3c(F)ccc(Cl)c3c(=O)n2-c2cccnc2)C2CC2)n1. The molecule has 170 valence electrons. The number of benzene rings is 1. The second-order valence-electron chi connectivity index (χ2n) is 8.03. The number of hydrogen-bond donors (Lipinski definition) is 2. The van der Waals surface area contributed by atoms with Gasteiger partial charge in [0, 0.05) is 6.20 Å². The van der Waals surface area contributed by atoms with Gasteiger partial charge in [0.05, 0.1) is 28.3 Å². The van der Waals surface area contributed by atoms with Crippen molar-refractivity contribution in [3.63, 3.8) is 0 Å². The summed E-state index contributed by atoms with van der Waals surface area (Å²) in [6.45, 7) is 1.66. The van der Waals surface area contributed by atoms with Crippen LogP contribution in [0.15, 0.2) is 41.5 Å². The van der Waals surface area contributed by atoms with Gasteiger partial charge in [0.2, 0.25) is 0 Å². The van der Waals surface area contributed by atoms with Crippen molar-refractivity contribution in [1.82, 2.24) is 24.5 Å². The fraction of sp³-hybridized carbons (Fsp3) is 0.217. The maximum absolute atomic E-state index is 14.8. The summed E-state index contributed by atoms with van der Waals surface area (Å²) in [7, 11) is 0. The molecule has 1 saturated carbocycles. The number of nitrogens with one attached hydrogen (secondary N) is 1. The van der Waals surface area contributed by atoms with Crippen LogP contribution in [0, 0.1) is 30.0 Å². The zero-order chi connectivity index (χ0) is 24.0. The molecule has 0 radical (unpaired) electrons. The van der Waals surface area contributed by atoms with Gasteiger partial charge < -0.3 is 11.1 Å². The summed E-state index contributed by atoms with van der Waals surface area (Å²) >= 11 is 6.29. The number of aryl methyl sites for hydroxylation is 1. The van der Waals surface area contributed by atoms with E-state index in [9.17, 15) is 14.4 Å². The van der Waals surface area contributed by atoms with Crippen LogP contribution in [0.1, 0.15) is 36.1 Å². The Hall–Kier alpha value is -4.10. The molecular formula is C23H18ClFN8O. The number of nitrogen functional groups attached to an aromatic ring is 1. The summed E-state index contributed by atoms with van der Waals surface area (Å²) in [5.41, 5.74) is 5.82. The van der Waals surface area contributed by atoms with Crippen LogP contribution in [0.4, 0.5) is 16.0 Å². The first-order valence-corrected chi connectivity index (χ1v) is 10.9. The molecule has 11 heteroatoms. The number of anilines is 2.